The van der Waals surface area contributed by atoms with E-state index in [1.165, 1.54) is 44.9 Å². The van der Waals surface area contributed by atoms with Crippen LogP contribution in [-0.4, -0.2) is 22.2 Å². The molecule has 1 aliphatic rings. The molecule has 0 saturated heterocycles. The standard InChI is InChI=1S/C22H40O4/c1-3-4-5-7-10-13-19(18(2)21(25)26)22(16-17-22)15-12-9-6-8-11-14-20(23)24/h18-19H,3-17H2,1-2H3,(H,23,24)(H,25,26). The first-order chi connectivity index (χ1) is 12.4. The van der Waals surface area contributed by atoms with E-state index >= 15 is 0 Å². The predicted molar refractivity (Wildman–Crippen MR) is 105 cm³/mol. The van der Waals surface area contributed by atoms with Gasteiger partial charge in [-0.25, -0.2) is 0 Å². The van der Waals surface area contributed by atoms with Crippen molar-refractivity contribution >= 4 is 11.9 Å². The van der Waals surface area contributed by atoms with Gasteiger partial charge in [-0.2, -0.15) is 0 Å². The number of unbranched alkanes of at least 4 members (excludes halogenated alkanes) is 8. The summed E-state index contributed by atoms with van der Waals surface area (Å²) in [6, 6.07) is 0. The molecule has 0 amide bonds. The lowest BCUT2D eigenvalue weighted by Gasteiger charge is -2.30. The second-order valence-electron chi connectivity index (χ2n) is 8.46. The minimum Gasteiger partial charge on any atom is -0.481 e. The van der Waals surface area contributed by atoms with E-state index in [0.29, 0.717) is 5.92 Å². The van der Waals surface area contributed by atoms with Crippen molar-refractivity contribution in [3.63, 3.8) is 0 Å². The van der Waals surface area contributed by atoms with Crippen molar-refractivity contribution in [2.75, 3.05) is 0 Å². The third-order valence-electron chi connectivity index (χ3n) is 6.36. The van der Waals surface area contributed by atoms with Crippen molar-refractivity contribution in [3.8, 4) is 0 Å². The van der Waals surface area contributed by atoms with Crippen molar-refractivity contribution in [1.29, 1.82) is 0 Å². The van der Waals surface area contributed by atoms with Crippen LogP contribution >= 0.6 is 0 Å². The minimum absolute atomic E-state index is 0.237. The summed E-state index contributed by atoms with van der Waals surface area (Å²) in [7, 11) is 0. The highest BCUT2D eigenvalue weighted by Crippen LogP contribution is 2.59. The Labute approximate surface area is 159 Å². The Hall–Kier alpha value is -1.06. The van der Waals surface area contributed by atoms with Crippen molar-refractivity contribution in [2.45, 2.75) is 110 Å². The van der Waals surface area contributed by atoms with Gasteiger partial charge in [0, 0.05) is 6.42 Å². The van der Waals surface area contributed by atoms with E-state index in [1.807, 2.05) is 6.92 Å². The SMILES string of the molecule is CCCCCCCC(C(C)C(=O)O)C1(CCCCCCCC(=O)O)CC1. The maximum Gasteiger partial charge on any atom is 0.306 e. The third-order valence-corrected chi connectivity index (χ3v) is 6.36. The fourth-order valence-corrected chi connectivity index (χ4v) is 4.48. The van der Waals surface area contributed by atoms with E-state index in [-0.39, 0.29) is 17.8 Å². The van der Waals surface area contributed by atoms with Crippen molar-refractivity contribution in [2.24, 2.45) is 17.3 Å². The van der Waals surface area contributed by atoms with Gasteiger partial charge in [0.25, 0.3) is 0 Å². The molecule has 26 heavy (non-hydrogen) atoms. The molecule has 0 aromatic heterocycles. The molecule has 2 unspecified atom stereocenters. The lowest BCUT2D eigenvalue weighted by Crippen LogP contribution is -2.29. The molecule has 152 valence electrons. The zero-order chi connectivity index (χ0) is 19.4. The summed E-state index contributed by atoms with van der Waals surface area (Å²) in [5, 5.41) is 18.2. The molecule has 2 N–H and O–H groups in total. The highest BCUT2D eigenvalue weighted by atomic mass is 16.4. The van der Waals surface area contributed by atoms with Gasteiger partial charge in [-0.05, 0) is 43.4 Å². The topological polar surface area (TPSA) is 74.6 Å². The first kappa shape index (κ1) is 23.0. The smallest absolute Gasteiger partial charge is 0.306 e. The molecule has 1 aliphatic carbocycles. The number of hydrogen-bond donors (Lipinski definition) is 2. The lowest BCUT2D eigenvalue weighted by molar-refractivity contribution is -0.144. The Morgan fingerprint density at radius 2 is 1.46 bits per heavy atom. The van der Waals surface area contributed by atoms with E-state index in [4.69, 9.17) is 5.11 Å². The average Bonchev–Trinajstić information content (AvgIpc) is 3.37. The summed E-state index contributed by atoms with van der Waals surface area (Å²) >= 11 is 0. The molecular formula is C22H40O4. The quantitative estimate of drug-likeness (QED) is 0.296. The Bertz CT molecular complexity index is 414. The van der Waals surface area contributed by atoms with Gasteiger partial charge in [-0.3, -0.25) is 9.59 Å². The van der Waals surface area contributed by atoms with Crippen LogP contribution in [0.4, 0.5) is 0 Å². The highest BCUT2D eigenvalue weighted by Gasteiger charge is 2.50. The van der Waals surface area contributed by atoms with E-state index in [9.17, 15) is 14.7 Å². The molecule has 1 saturated carbocycles. The van der Waals surface area contributed by atoms with Crippen LogP contribution in [0.2, 0.25) is 0 Å². The molecular weight excluding hydrogens is 328 g/mol. The summed E-state index contributed by atoms with van der Waals surface area (Å²) < 4.78 is 0. The maximum absolute atomic E-state index is 11.6. The van der Waals surface area contributed by atoms with Crippen LogP contribution in [0.1, 0.15) is 110 Å². The molecule has 4 nitrogen and oxygen atoms in total. The van der Waals surface area contributed by atoms with Crippen LogP contribution in [-0.2, 0) is 9.59 Å². The van der Waals surface area contributed by atoms with Crippen LogP contribution in [0.5, 0.6) is 0 Å². The Morgan fingerprint density at radius 1 is 0.885 bits per heavy atom. The van der Waals surface area contributed by atoms with Gasteiger partial charge >= 0.3 is 11.9 Å². The summed E-state index contributed by atoms with van der Waals surface area (Å²) in [6.07, 6.45) is 16.3. The van der Waals surface area contributed by atoms with Crippen molar-refractivity contribution < 1.29 is 19.8 Å². The first-order valence-electron chi connectivity index (χ1n) is 10.9. The van der Waals surface area contributed by atoms with E-state index in [1.54, 1.807) is 0 Å². The van der Waals surface area contributed by atoms with E-state index < -0.39 is 11.9 Å². The second-order valence-corrected chi connectivity index (χ2v) is 8.46. The second kappa shape index (κ2) is 12.3. The third kappa shape index (κ3) is 8.55. The van der Waals surface area contributed by atoms with Crippen LogP contribution in [0.25, 0.3) is 0 Å². The molecule has 0 aromatic rings. The summed E-state index contributed by atoms with van der Waals surface area (Å²) in [5.74, 6) is -1.25. The van der Waals surface area contributed by atoms with Gasteiger partial charge in [-0.15, -0.1) is 0 Å². The van der Waals surface area contributed by atoms with Crippen LogP contribution in [0.15, 0.2) is 0 Å². The number of hydrogen-bond acceptors (Lipinski definition) is 2. The normalized spacial score (nSPS) is 17.6. The first-order valence-corrected chi connectivity index (χ1v) is 10.9. The molecule has 1 rings (SSSR count). The van der Waals surface area contributed by atoms with Crippen LogP contribution in [0, 0.1) is 17.3 Å². The van der Waals surface area contributed by atoms with Crippen LogP contribution < -0.4 is 0 Å². The van der Waals surface area contributed by atoms with Gasteiger partial charge in [0.1, 0.15) is 0 Å². The number of carboxylic acid groups (broad SMARTS) is 2. The fourth-order valence-electron chi connectivity index (χ4n) is 4.48. The van der Waals surface area contributed by atoms with E-state index in [2.05, 4.69) is 6.92 Å². The molecule has 2 atom stereocenters. The predicted octanol–water partition coefficient (Wildman–Crippen LogP) is 6.28. The molecule has 0 spiro atoms. The monoisotopic (exact) mass is 368 g/mol. The molecule has 0 aliphatic heterocycles. The average molecular weight is 369 g/mol. The minimum atomic E-state index is -0.702. The Balaban J connectivity index is 2.36. The molecule has 0 heterocycles. The Kier molecular flexibility index (Phi) is 10.9. The van der Waals surface area contributed by atoms with Crippen molar-refractivity contribution in [1.82, 2.24) is 0 Å². The number of carbonyl (C=O) groups is 2. The Morgan fingerprint density at radius 3 is 2.04 bits per heavy atom. The van der Waals surface area contributed by atoms with E-state index in [0.717, 1.165) is 44.9 Å². The largest absolute Gasteiger partial charge is 0.481 e. The zero-order valence-corrected chi connectivity index (χ0v) is 17.0. The van der Waals surface area contributed by atoms with Crippen molar-refractivity contribution in [3.05, 3.63) is 0 Å². The maximum atomic E-state index is 11.6. The van der Waals surface area contributed by atoms with Gasteiger partial charge in [0.05, 0.1) is 5.92 Å². The molecule has 0 bridgehead atoms. The molecule has 0 aromatic carbocycles. The van der Waals surface area contributed by atoms with Gasteiger partial charge in [-0.1, -0.05) is 71.6 Å². The number of carboxylic acids is 2. The van der Waals surface area contributed by atoms with Gasteiger partial charge in [0.15, 0.2) is 0 Å². The summed E-state index contributed by atoms with van der Waals surface area (Å²) in [5.41, 5.74) is 0.281. The molecule has 4 heteroatoms. The number of rotatable bonds is 17. The fraction of sp³-hybridized carbons (Fsp3) is 0.909. The lowest BCUT2D eigenvalue weighted by atomic mass is 9.74. The van der Waals surface area contributed by atoms with Gasteiger partial charge in [0.2, 0.25) is 0 Å². The molecule has 1 fully saturated rings. The molecule has 0 radical (unpaired) electrons. The zero-order valence-electron chi connectivity index (χ0n) is 17.0. The summed E-state index contributed by atoms with van der Waals surface area (Å²) in [4.78, 5) is 22.1. The summed E-state index contributed by atoms with van der Waals surface area (Å²) in [6.45, 7) is 4.13. The van der Waals surface area contributed by atoms with Gasteiger partial charge < -0.3 is 10.2 Å². The highest BCUT2D eigenvalue weighted by molar-refractivity contribution is 5.70. The number of aliphatic carboxylic acids is 2. The van der Waals surface area contributed by atoms with Crippen LogP contribution in [0.3, 0.4) is 0 Å².